The highest BCUT2D eigenvalue weighted by molar-refractivity contribution is 6.00. The highest BCUT2D eigenvalue weighted by atomic mass is 16.5. The molecule has 1 amide bonds. The first-order chi connectivity index (χ1) is 13.6. The zero-order chi connectivity index (χ0) is 20.1. The van der Waals surface area contributed by atoms with Crippen LogP contribution in [0.1, 0.15) is 12.0 Å². The van der Waals surface area contributed by atoms with Crippen molar-refractivity contribution in [3.05, 3.63) is 48.0 Å². The van der Waals surface area contributed by atoms with Gasteiger partial charge < -0.3 is 23.8 Å². The van der Waals surface area contributed by atoms with Crippen LogP contribution in [0.5, 0.6) is 17.2 Å². The molecule has 1 saturated heterocycles. The molecule has 0 spiro atoms. The Morgan fingerprint density at radius 2 is 1.71 bits per heavy atom. The number of carbonyl (C=O) groups excluding carboxylic acids is 2. The maximum absolute atomic E-state index is 12.5. The van der Waals surface area contributed by atoms with Crippen molar-refractivity contribution in [2.45, 2.75) is 13.0 Å². The molecule has 0 aromatic heterocycles. The Balaban J connectivity index is 1.64. The van der Waals surface area contributed by atoms with Crippen molar-refractivity contribution in [2.75, 3.05) is 32.8 Å². The molecule has 148 valence electrons. The summed E-state index contributed by atoms with van der Waals surface area (Å²) in [5, 5.41) is 0. The summed E-state index contributed by atoms with van der Waals surface area (Å²) in [6.07, 6.45) is 0.114. The Bertz CT molecular complexity index is 866. The van der Waals surface area contributed by atoms with Crippen LogP contribution in [0.15, 0.2) is 42.5 Å². The van der Waals surface area contributed by atoms with E-state index in [-0.39, 0.29) is 25.5 Å². The van der Waals surface area contributed by atoms with E-state index < -0.39 is 11.9 Å². The van der Waals surface area contributed by atoms with Crippen LogP contribution in [0.2, 0.25) is 0 Å². The van der Waals surface area contributed by atoms with E-state index in [4.69, 9.17) is 18.9 Å². The molecule has 2 aromatic rings. The summed E-state index contributed by atoms with van der Waals surface area (Å²) in [4.78, 5) is 26.5. The highest BCUT2D eigenvalue weighted by Crippen LogP contribution is 2.33. The number of hydrogen-bond acceptors (Lipinski definition) is 6. The number of amides is 1. The Labute approximate surface area is 163 Å². The predicted molar refractivity (Wildman–Crippen MR) is 103 cm³/mol. The molecule has 1 heterocycles. The van der Waals surface area contributed by atoms with Crippen molar-refractivity contribution in [1.82, 2.24) is 0 Å². The van der Waals surface area contributed by atoms with Gasteiger partial charge in [0, 0.05) is 13.0 Å². The molecule has 28 heavy (non-hydrogen) atoms. The van der Waals surface area contributed by atoms with Gasteiger partial charge in [0.15, 0.2) is 11.5 Å². The summed E-state index contributed by atoms with van der Waals surface area (Å²) >= 11 is 0. The lowest BCUT2D eigenvalue weighted by molar-refractivity contribution is -0.149. The zero-order valence-electron chi connectivity index (χ0n) is 16.1. The Morgan fingerprint density at radius 1 is 1.00 bits per heavy atom. The number of rotatable bonds is 7. The van der Waals surface area contributed by atoms with E-state index in [1.807, 2.05) is 12.1 Å². The fourth-order valence-corrected chi connectivity index (χ4v) is 3.19. The molecule has 1 fully saturated rings. The Morgan fingerprint density at radius 3 is 2.43 bits per heavy atom. The van der Waals surface area contributed by atoms with Crippen molar-refractivity contribution in [1.29, 1.82) is 0 Å². The summed E-state index contributed by atoms with van der Waals surface area (Å²) in [5.74, 6) is 0.715. The van der Waals surface area contributed by atoms with Gasteiger partial charge in [-0.2, -0.15) is 0 Å². The summed E-state index contributed by atoms with van der Waals surface area (Å²) in [6, 6.07) is 12.6. The van der Waals surface area contributed by atoms with Gasteiger partial charge in [0.1, 0.15) is 12.4 Å². The van der Waals surface area contributed by atoms with Gasteiger partial charge in [0.25, 0.3) is 0 Å². The van der Waals surface area contributed by atoms with E-state index in [1.54, 1.807) is 56.6 Å². The molecule has 7 heteroatoms. The Hall–Kier alpha value is -3.22. The lowest BCUT2D eigenvalue weighted by Crippen LogP contribution is -2.26. The van der Waals surface area contributed by atoms with Crippen LogP contribution in [0.3, 0.4) is 0 Å². The number of anilines is 1. The van der Waals surface area contributed by atoms with Crippen molar-refractivity contribution < 1.29 is 28.5 Å². The van der Waals surface area contributed by atoms with E-state index in [2.05, 4.69) is 0 Å². The summed E-state index contributed by atoms with van der Waals surface area (Å²) in [5.41, 5.74) is 1.43. The fourth-order valence-electron chi connectivity index (χ4n) is 3.19. The van der Waals surface area contributed by atoms with Gasteiger partial charge in [-0.1, -0.05) is 18.2 Å². The van der Waals surface area contributed by atoms with Gasteiger partial charge in [-0.25, -0.2) is 0 Å². The predicted octanol–water partition coefficient (Wildman–Crippen LogP) is 2.81. The van der Waals surface area contributed by atoms with E-state index >= 15 is 0 Å². The molecule has 0 saturated carbocycles. The van der Waals surface area contributed by atoms with E-state index in [9.17, 15) is 9.59 Å². The largest absolute Gasteiger partial charge is 0.495 e. The van der Waals surface area contributed by atoms with E-state index in [0.717, 1.165) is 5.56 Å². The average molecular weight is 385 g/mol. The number of methoxy groups -OCH3 is 3. The minimum absolute atomic E-state index is 0.0958. The SMILES string of the molecule is COc1ccc(COC(=O)C2CC(=O)N(c3ccccc3OC)C2)cc1OC. The van der Waals surface area contributed by atoms with Gasteiger partial charge >= 0.3 is 5.97 Å². The number of hydrogen-bond donors (Lipinski definition) is 0. The van der Waals surface area contributed by atoms with Gasteiger partial charge in [0.2, 0.25) is 5.91 Å². The standard InChI is InChI=1S/C21H23NO6/c1-25-17-7-5-4-6-16(17)22-12-15(11-20(22)23)21(24)28-13-14-8-9-18(26-2)19(10-14)27-3/h4-10,15H,11-13H2,1-3H3. The second kappa shape index (κ2) is 8.65. The molecule has 3 rings (SSSR count). The number of ether oxygens (including phenoxy) is 4. The van der Waals surface area contributed by atoms with Crippen molar-refractivity contribution in [3.63, 3.8) is 0 Å². The van der Waals surface area contributed by atoms with Crippen LogP contribution in [-0.4, -0.2) is 39.8 Å². The molecule has 1 aliphatic heterocycles. The zero-order valence-corrected chi connectivity index (χ0v) is 16.1. The molecule has 1 aliphatic rings. The topological polar surface area (TPSA) is 74.3 Å². The maximum atomic E-state index is 12.5. The summed E-state index contributed by atoms with van der Waals surface area (Å²) in [7, 11) is 4.65. The Kier molecular flexibility index (Phi) is 6.03. The van der Waals surface area contributed by atoms with Gasteiger partial charge in [-0.3, -0.25) is 9.59 Å². The molecule has 7 nitrogen and oxygen atoms in total. The quantitative estimate of drug-likeness (QED) is 0.683. The first-order valence-corrected chi connectivity index (χ1v) is 8.88. The van der Waals surface area contributed by atoms with Crippen LogP contribution >= 0.6 is 0 Å². The van der Waals surface area contributed by atoms with E-state index in [1.165, 1.54) is 0 Å². The van der Waals surface area contributed by atoms with Crippen molar-refractivity contribution in [3.8, 4) is 17.2 Å². The molecule has 2 aromatic carbocycles. The van der Waals surface area contributed by atoms with E-state index in [0.29, 0.717) is 22.9 Å². The monoisotopic (exact) mass is 385 g/mol. The van der Waals surface area contributed by atoms with Crippen molar-refractivity contribution >= 4 is 17.6 Å². The van der Waals surface area contributed by atoms with Crippen LogP contribution in [-0.2, 0) is 20.9 Å². The van der Waals surface area contributed by atoms with Gasteiger partial charge in [-0.15, -0.1) is 0 Å². The van der Waals surface area contributed by atoms with Gasteiger partial charge in [0.05, 0.1) is 32.9 Å². The second-order valence-electron chi connectivity index (χ2n) is 6.37. The minimum Gasteiger partial charge on any atom is -0.495 e. The molecular formula is C21H23NO6. The maximum Gasteiger partial charge on any atom is 0.311 e. The van der Waals surface area contributed by atoms with Crippen LogP contribution in [0.25, 0.3) is 0 Å². The van der Waals surface area contributed by atoms with Crippen LogP contribution < -0.4 is 19.1 Å². The van der Waals surface area contributed by atoms with Crippen molar-refractivity contribution in [2.24, 2.45) is 5.92 Å². The molecule has 1 atom stereocenters. The normalized spacial score (nSPS) is 16.0. The first-order valence-electron chi connectivity index (χ1n) is 8.88. The highest BCUT2D eigenvalue weighted by Gasteiger charge is 2.37. The molecule has 0 bridgehead atoms. The third-order valence-electron chi connectivity index (χ3n) is 4.66. The smallest absolute Gasteiger partial charge is 0.311 e. The van der Waals surface area contributed by atoms with Gasteiger partial charge in [-0.05, 0) is 29.8 Å². The molecule has 1 unspecified atom stereocenters. The lowest BCUT2D eigenvalue weighted by Gasteiger charge is -2.19. The molecule has 0 N–H and O–H groups in total. The number of carbonyl (C=O) groups is 2. The second-order valence-corrected chi connectivity index (χ2v) is 6.37. The summed E-state index contributed by atoms with van der Waals surface area (Å²) in [6.45, 7) is 0.364. The fraction of sp³-hybridized carbons (Fsp3) is 0.333. The number of esters is 1. The summed E-state index contributed by atoms with van der Waals surface area (Å²) < 4.78 is 21.2. The van der Waals surface area contributed by atoms with Crippen LogP contribution in [0, 0.1) is 5.92 Å². The molecular weight excluding hydrogens is 362 g/mol. The number of nitrogens with zero attached hydrogens (tertiary/aromatic N) is 1. The number of para-hydroxylation sites is 2. The number of benzene rings is 2. The van der Waals surface area contributed by atoms with Crippen LogP contribution in [0.4, 0.5) is 5.69 Å². The molecule has 0 aliphatic carbocycles. The molecule has 0 radical (unpaired) electrons. The lowest BCUT2D eigenvalue weighted by atomic mass is 10.1. The first kappa shape index (κ1) is 19.5. The minimum atomic E-state index is -0.516. The average Bonchev–Trinajstić information content (AvgIpc) is 3.13. The third kappa shape index (κ3) is 4.03. The third-order valence-corrected chi connectivity index (χ3v) is 4.66.